The molecular weight excluding hydrogens is 490 g/mol. The second kappa shape index (κ2) is 11.9. The first kappa shape index (κ1) is 27.0. The standard InChI is InChI=1S/C25H31N3O5S.ClH/c1-16-12-19-22(13-17(16)2)34-25(26-19)28(7-6-27-8-10-33-11-9-27)24(29)18-14-20(30-3)23(32-5)21(15-18)31-4;/h12-15H,6-11H2,1-5H3;1H. The van der Waals surface area contributed by atoms with E-state index in [1.165, 1.54) is 22.5 Å². The van der Waals surface area contributed by atoms with E-state index < -0.39 is 0 Å². The Balaban J connectivity index is 0.00000342. The minimum absolute atomic E-state index is 0. The number of aromatic nitrogens is 1. The molecule has 1 amide bonds. The van der Waals surface area contributed by atoms with Gasteiger partial charge in [0.25, 0.3) is 5.91 Å². The smallest absolute Gasteiger partial charge is 0.260 e. The number of morpholine rings is 1. The lowest BCUT2D eigenvalue weighted by molar-refractivity contribution is 0.0391. The molecule has 2 aromatic carbocycles. The summed E-state index contributed by atoms with van der Waals surface area (Å²) in [7, 11) is 4.63. The molecule has 0 saturated carbocycles. The molecule has 0 unspecified atom stereocenters. The zero-order valence-electron chi connectivity index (χ0n) is 20.8. The summed E-state index contributed by atoms with van der Waals surface area (Å²) >= 11 is 1.53. The van der Waals surface area contributed by atoms with Crippen LogP contribution in [0.15, 0.2) is 24.3 Å². The number of rotatable bonds is 8. The van der Waals surface area contributed by atoms with Gasteiger partial charge in [0, 0.05) is 31.7 Å². The Morgan fingerprint density at radius 2 is 1.66 bits per heavy atom. The van der Waals surface area contributed by atoms with Crippen molar-refractivity contribution in [2.45, 2.75) is 13.8 Å². The molecule has 1 saturated heterocycles. The molecule has 3 aromatic rings. The number of carbonyl (C=O) groups excluding carboxylic acids is 1. The molecule has 1 aromatic heterocycles. The number of nitrogens with zero attached hydrogens (tertiary/aromatic N) is 3. The maximum atomic E-state index is 13.9. The first-order valence-corrected chi connectivity index (χ1v) is 12.1. The topological polar surface area (TPSA) is 73.4 Å². The molecule has 190 valence electrons. The van der Waals surface area contributed by atoms with Crippen molar-refractivity contribution in [1.29, 1.82) is 0 Å². The fraction of sp³-hybridized carbons (Fsp3) is 0.440. The van der Waals surface area contributed by atoms with Crippen LogP contribution in [0.3, 0.4) is 0 Å². The third-order valence-electron chi connectivity index (χ3n) is 6.12. The van der Waals surface area contributed by atoms with Crippen molar-refractivity contribution in [3.8, 4) is 17.2 Å². The zero-order valence-corrected chi connectivity index (χ0v) is 22.4. The van der Waals surface area contributed by atoms with Gasteiger partial charge in [-0.2, -0.15) is 0 Å². The van der Waals surface area contributed by atoms with E-state index in [0.29, 0.717) is 47.7 Å². The number of hydrogen-bond acceptors (Lipinski definition) is 8. The lowest BCUT2D eigenvalue weighted by atomic mass is 10.1. The van der Waals surface area contributed by atoms with Crippen LogP contribution in [0.5, 0.6) is 17.2 Å². The summed E-state index contributed by atoms with van der Waals surface area (Å²) in [5.41, 5.74) is 3.74. The van der Waals surface area contributed by atoms with Gasteiger partial charge in [-0.05, 0) is 49.2 Å². The first-order valence-electron chi connectivity index (χ1n) is 11.2. The van der Waals surface area contributed by atoms with E-state index in [-0.39, 0.29) is 18.3 Å². The summed E-state index contributed by atoms with van der Waals surface area (Å²) < 4.78 is 22.9. The maximum Gasteiger partial charge on any atom is 0.260 e. The largest absolute Gasteiger partial charge is 0.493 e. The molecule has 1 aliphatic heterocycles. The van der Waals surface area contributed by atoms with Crippen LogP contribution >= 0.6 is 23.7 Å². The van der Waals surface area contributed by atoms with Crippen LogP contribution in [-0.4, -0.2) is 76.5 Å². The number of ether oxygens (including phenoxy) is 4. The predicted octanol–water partition coefficient (Wildman–Crippen LogP) is 4.34. The second-order valence-electron chi connectivity index (χ2n) is 8.23. The van der Waals surface area contributed by atoms with E-state index in [2.05, 4.69) is 30.9 Å². The van der Waals surface area contributed by atoms with Crippen molar-refractivity contribution in [2.75, 3.05) is 65.6 Å². The number of benzene rings is 2. The lowest BCUT2D eigenvalue weighted by Gasteiger charge is -2.29. The Kier molecular flexibility index (Phi) is 9.18. The van der Waals surface area contributed by atoms with Crippen molar-refractivity contribution < 1.29 is 23.7 Å². The first-order chi connectivity index (χ1) is 16.4. The predicted molar refractivity (Wildman–Crippen MR) is 141 cm³/mol. The van der Waals surface area contributed by atoms with Crippen LogP contribution in [0.1, 0.15) is 21.5 Å². The normalized spacial score (nSPS) is 13.9. The molecule has 0 atom stereocenters. The maximum absolute atomic E-state index is 13.9. The number of anilines is 1. The molecule has 1 aliphatic rings. The highest BCUT2D eigenvalue weighted by atomic mass is 35.5. The van der Waals surface area contributed by atoms with Crippen molar-refractivity contribution >= 4 is 45.0 Å². The van der Waals surface area contributed by atoms with Gasteiger partial charge in [0.05, 0.1) is 44.8 Å². The van der Waals surface area contributed by atoms with Gasteiger partial charge >= 0.3 is 0 Å². The van der Waals surface area contributed by atoms with Crippen LogP contribution in [-0.2, 0) is 4.74 Å². The summed E-state index contributed by atoms with van der Waals surface area (Å²) in [5.74, 6) is 1.16. The number of hydrogen-bond donors (Lipinski definition) is 0. The van der Waals surface area contributed by atoms with E-state index in [4.69, 9.17) is 23.9 Å². The van der Waals surface area contributed by atoms with Gasteiger partial charge in [0.2, 0.25) is 5.75 Å². The minimum atomic E-state index is -0.167. The highest BCUT2D eigenvalue weighted by Crippen LogP contribution is 2.39. The van der Waals surface area contributed by atoms with E-state index in [0.717, 1.165) is 29.9 Å². The molecular formula is C25H32ClN3O5S. The number of amides is 1. The van der Waals surface area contributed by atoms with Crippen molar-refractivity contribution in [3.05, 3.63) is 41.0 Å². The average Bonchev–Trinajstić information content (AvgIpc) is 3.25. The highest BCUT2D eigenvalue weighted by molar-refractivity contribution is 7.22. The molecule has 1 fully saturated rings. The summed E-state index contributed by atoms with van der Waals surface area (Å²) in [5, 5.41) is 0.673. The fourth-order valence-corrected chi connectivity index (χ4v) is 5.06. The SMILES string of the molecule is COc1cc(C(=O)N(CCN2CCOCC2)c2nc3cc(C)c(C)cc3s2)cc(OC)c1OC.Cl. The van der Waals surface area contributed by atoms with Crippen LogP contribution in [0.25, 0.3) is 10.2 Å². The summed E-state index contributed by atoms with van der Waals surface area (Å²) in [6.07, 6.45) is 0. The van der Waals surface area contributed by atoms with Crippen LogP contribution in [0.2, 0.25) is 0 Å². The second-order valence-corrected chi connectivity index (χ2v) is 9.23. The molecule has 0 spiro atoms. The van der Waals surface area contributed by atoms with Gasteiger partial charge < -0.3 is 18.9 Å². The van der Waals surface area contributed by atoms with Gasteiger partial charge in [0.1, 0.15) is 0 Å². The highest BCUT2D eigenvalue weighted by Gasteiger charge is 2.25. The van der Waals surface area contributed by atoms with Gasteiger partial charge in [-0.25, -0.2) is 4.98 Å². The Morgan fingerprint density at radius 3 is 2.26 bits per heavy atom. The Hall–Kier alpha value is -2.59. The molecule has 4 rings (SSSR count). The van der Waals surface area contributed by atoms with E-state index in [1.54, 1.807) is 38.4 Å². The fourth-order valence-electron chi connectivity index (χ4n) is 3.99. The summed E-state index contributed by atoms with van der Waals surface area (Å²) in [6, 6.07) is 7.59. The lowest BCUT2D eigenvalue weighted by Crippen LogP contribution is -2.43. The van der Waals surface area contributed by atoms with Crippen LogP contribution in [0, 0.1) is 13.8 Å². The van der Waals surface area contributed by atoms with E-state index in [1.807, 2.05) is 0 Å². The van der Waals surface area contributed by atoms with Crippen molar-refractivity contribution in [3.63, 3.8) is 0 Å². The van der Waals surface area contributed by atoms with Crippen LogP contribution in [0.4, 0.5) is 5.13 Å². The summed E-state index contributed by atoms with van der Waals surface area (Å²) in [6.45, 7) is 8.52. The van der Waals surface area contributed by atoms with Gasteiger partial charge in [-0.15, -0.1) is 12.4 Å². The van der Waals surface area contributed by atoms with Gasteiger partial charge in [-0.1, -0.05) is 11.3 Å². The van der Waals surface area contributed by atoms with E-state index in [9.17, 15) is 4.79 Å². The average molecular weight is 522 g/mol. The van der Waals surface area contributed by atoms with Gasteiger partial charge in [0.15, 0.2) is 16.6 Å². The zero-order chi connectivity index (χ0) is 24.2. The Bertz CT molecular complexity index is 1120. The van der Waals surface area contributed by atoms with Crippen molar-refractivity contribution in [2.24, 2.45) is 0 Å². The molecule has 0 aliphatic carbocycles. The van der Waals surface area contributed by atoms with E-state index >= 15 is 0 Å². The quantitative estimate of drug-likeness (QED) is 0.436. The molecule has 8 nitrogen and oxygen atoms in total. The number of thiazole rings is 1. The molecule has 10 heteroatoms. The molecule has 0 N–H and O–H groups in total. The number of carbonyl (C=O) groups is 1. The number of aryl methyl sites for hydroxylation is 2. The third kappa shape index (κ3) is 5.81. The molecule has 2 heterocycles. The van der Waals surface area contributed by atoms with Gasteiger partial charge in [-0.3, -0.25) is 14.6 Å². The minimum Gasteiger partial charge on any atom is -0.493 e. The monoisotopic (exact) mass is 521 g/mol. The Morgan fingerprint density at radius 1 is 1.03 bits per heavy atom. The third-order valence-corrected chi connectivity index (χ3v) is 7.17. The number of methoxy groups -OCH3 is 3. The molecule has 0 bridgehead atoms. The molecule has 35 heavy (non-hydrogen) atoms. The molecule has 0 radical (unpaired) electrons. The Labute approximate surface area is 216 Å². The van der Waals surface area contributed by atoms with Crippen molar-refractivity contribution in [1.82, 2.24) is 9.88 Å². The summed E-state index contributed by atoms with van der Waals surface area (Å²) in [4.78, 5) is 22.8. The number of fused-ring (bicyclic) bond motifs is 1. The number of halogens is 1. The van der Waals surface area contributed by atoms with Crippen LogP contribution < -0.4 is 19.1 Å².